The first kappa shape index (κ1) is 25.9. The Labute approximate surface area is 192 Å². The number of phenols is 2. The van der Waals surface area contributed by atoms with Gasteiger partial charge in [0.15, 0.2) is 8.32 Å². The van der Waals surface area contributed by atoms with Gasteiger partial charge in [0.25, 0.3) is 0 Å². The van der Waals surface area contributed by atoms with Crippen molar-refractivity contribution in [2.75, 3.05) is 6.54 Å². The zero-order valence-corrected chi connectivity index (χ0v) is 21.0. The topological polar surface area (TPSA) is 99.0 Å². The number of hydrogen-bond acceptors (Lipinski definition) is 5. The molecule has 0 aliphatic rings. The fourth-order valence-electron chi connectivity index (χ4n) is 3.34. The van der Waals surface area contributed by atoms with Gasteiger partial charge < -0.3 is 25.1 Å². The maximum Gasteiger partial charge on any atom is 0.307 e. The van der Waals surface area contributed by atoms with E-state index in [0.717, 1.165) is 23.1 Å². The molecule has 0 saturated heterocycles. The average Bonchev–Trinajstić information content (AvgIpc) is 2.63. The summed E-state index contributed by atoms with van der Waals surface area (Å²) >= 11 is 0. The Balaban J connectivity index is 2.14. The van der Waals surface area contributed by atoms with Crippen molar-refractivity contribution in [3.05, 3.63) is 59.2 Å². The molecule has 0 aliphatic heterocycles. The van der Waals surface area contributed by atoms with E-state index in [0.29, 0.717) is 6.54 Å². The highest BCUT2D eigenvalue weighted by molar-refractivity contribution is 6.74. The van der Waals surface area contributed by atoms with Gasteiger partial charge in [-0.15, -0.1) is 0 Å². The average molecular weight is 460 g/mol. The number of aromatic hydroxyl groups is 2. The molecule has 7 heteroatoms. The van der Waals surface area contributed by atoms with Crippen LogP contribution in [0.25, 0.3) is 0 Å². The van der Waals surface area contributed by atoms with Crippen LogP contribution < -0.4 is 5.32 Å². The molecule has 0 heterocycles. The number of rotatable bonds is 10. The van der Waals surface area contributed by atoms with E-state index in [1.165, 1.54) is 6.07 Å². The van der Waals surface area contributed by atoms with Crippen LogP contribution in [0.2, 0.25) is 18.1 Å². The number of carboxylic acids is 1. The lowest BCUT2D eigenvalue weighted by Gasteiger charge is -2.39. The molecular formula is C25H37NO5Si. The van der Waals surface area contributed by atoms with Crippen molar-refractivity contribution in [2.45, 2.75) is 70.8 Å². The van der Waals surface area contributed by atoms with Gasteiger partial charge in [-0.3, -0.25) is 4.79 Å². The first-order valence-electron chi connectivity index (χ1n) is 11.0. The highest BCUT2D eigenvalue weighted by Gasteiger charge is 2.39. The SMILES string of the molecule is C[C@H](Cc1cccc(CC(=O)O)c1)NC[C@H](O[Si](C)(C)C(C)(C)C)c1cc(O)cc(O)c1. The molecule has 0 radical (unpaired) electrons. The number of phenolic OH excluding ortho intramolecular Hbond substituents is 2. The predicted molar refractivity (Wildman–Crippen MR) is 130 cm³/mol. The Morgan fingerprint density at radius 2 is 1.66 bits per heavy atom. The second kappa shape index (κ2) is 10.5. The summed E-state index contributed by atoms with van der Waals surface area (Å²) in [6, 6.07) is 12.4. The van der Waals surface area contributed by atoms with Gasteiger partial charge in [-0.2, -0.15) is 0 Å². The molecule has 2 rings (SSSR count). The van der Waals surface area contributed by atoms with E-state index in [1.807, 2.05) is 24.3 Å². The molecule has 2 aromatic rings. The molecule has 2 atom stereocenters. The molecule has 0 bridgehead atoms. The van der Waals surface area contributed by atoms with E-state index < -0.39 is 14.3 Å². The lowest BCUT2D eigenvalue weighted by atomic mass is 10.0. The maximum atomic E-state index is 11.0. The van der Waals surface area contributed by atoms with Gasteiger partial charge >= 0.3 is 5.97 Å². The first-order valence-corrected chi connectivity index (χ1v) is 13.9. The van der Waals surface area contributed by atoms with E-state index >= 15 is 0 Å². The van der Waals surface area contributed by atoms with Crippen LogP contribution in [-0.4, -0.2) is 42.2 Å². The summed E-state index contributed by atoms with van der Waals surface area (Å²) in [5.74, 6) is -0.826. The molecular weight excluding hydrogens is 422 g/mol. The summed E-state index contributed by atoms with van der Waals surface area (Å²) in [5.41, 5.74) is 2.59. The number of aliphatic carboxylic acids is 1. The molecule has 0 amide bonds. The molecule has 0 fully saturated rings. The maximum absolute atomic E-state index is 11.0. The van der Waals surface area contributed by atoms with Crippen LogP contribution in [0.15, 0.2) is 42.5 Å². The van der Waals surface area contributed by atoms with Crippen molar-refractivity contribution in [3.63, 3.8) is 0 Å². The molecule has 0 saturated carbocycles. The number of benzene rings is 2. The largest absolute Gasteiger partial charge is 0.508 e. The minimum absolute atomic E-state index is 0.00660. The van der Waals surface area contributed by atoms with Gasteiger partial charge in [-0.25, -0.2) is 0 Å². The van der Waals surface area contributed by atoms with Crippen LogP contribution in [0.4, 0.5) is 0 Å². The molecule has 0 aromatic heterocycles. The highest BCUT2D eigenvalue weighted by Crippen LogP contribution is 2.40. The third-order valence-corrected chi connectivity index (χ3v) is 10.6. The van der Waals surface area contributed by atoms with Crippen LogP contribution in [0.1, 0.15) is 50.5 Å². The van der Waals surface area contributed by atoms with Gasteiger partial charge in [0.2, 0.25) is 0 Å². The summed E-state index contributed by atoms with van der Waals surface area (Å²) in [6.07, 6.45) is 0.430. The fraction of sp³-hybridized carbons (Fsp3) is 0.480. The quantitative estimate of drug-likeness (QED) is 0.373. The van der Waals surface area contributed by atoms with Crippen molar-refractivity contribution >= 4 is 14.3 Å². The summed E-state index contributed by atoms with van der Waals surface area (Å²) in [7, 11) is -2.11. The Hall–Kier alpha value is -2.35. The molecule has 0 unspecified atom stereocenters. The lowest BCUT2D eigenvalue weighted by molar-refractivity contribution is -0.136. The smallest absolute Gasteiger partial charge is 0.307 e. The summed E-state index contributed by atoms with van der Waals surface area (Å²) in [6.45, 7) is 13.5. The van der Waals surface area contributed by atoms with Crippen molar-refractivity contribution < 1.29 is 24.5 Å². The Kier molecular flexibility index (Phi) is 8.51. The van der Waals surface area contributed by atoms with Gasteiger partial charge in [0, 0.05) is 18.7 Å². The van der Waals surface area contributed by atoms with Crippen LogP contribution in [0.5, 0.6) is 11.5 Å². The zero-order chi connectivity index (χ0) is 24.1. The second-order valence-corrected chi connectivity index (χ2v) is 14.8. The Morgan fingerprint density at radius 3 is 2.22 bits per heavy atom. The van der Waals surface area contributed by atoms with Gasteiger partial charge in [0.1, 0.15) is 11.5 Å². The highest BCUT2D eigenvalue weighted by atomic mass is 28.4. The third-order valence-electron chi connectivity index (χ3n) is 6.08. The molecule has 2 aromatic carbocycles. The van der Waals surface area contributed by atoms with E-state index in [9.17, 15) is 15.0 Å². The molecule has 0 aliphatic carbocycles. The first-order chi connectivity index (χ1) is 14.8. The lowest BCUT2D eigenvalue weighted by Crippen LogP contribution is -2.44. The van der Waals surface area contributed by atoms with E-state index in [-0.39, 0.29) is 35.1 Å². The number of carboxylic acid groups (broad SMARTS) is 1. The van der Waals surface area contributed by atoms with Gasteiger partial charge in [0.05, 0.1) is 12.5 Å². The minimum Gasteiger partial charge on any atom is -0.508 e. The molecule has 32 heavy (non-hydrogen) atoms. The zero-order valence-electron chi connectivity index (χ0n) is 20.0. The van der Waals surface area contributed by atoms with Crippen LogP contribution in [0.3, 0.4) is 0 Å². The summed E-state index contributed by atoms with van der Waals surface area (Å²) < 4.78 is 6.65. The van der Waals surface area contributed by atoms with Crippen molar-refractivity contribution in [1.29, 1.82) is 0 Å². The number of hydrogen-bond donors (Lipinski definition) is 4. The normalized spacial score (nSPS) is 14.2. The molecule has 6 nitrogen and oxygen atoms in total. The molecule has 4 N–H and O–H groups in total. The molecule has 176 valence electrons. The van der Waals surface area contributed by atoms with Gasteiger partial charge in [-0.1, -0.05) is 45.0 Å². The monoisotopic (exact) mass is 459 g/mol. The third kappa shape index (κ3) is 7.65. The van der Waals surface area contributed by atoms with Crippen LogP contribution in [0, 0.1) is 0 Å². The Bertz CT molecular complexity index is 903. The fourth-order valence-corrected chi connectivity index (χ4v) is 4.62. The van der Waals surface area contributed by atoms with Crippen molar-refractivity contribution in [2.24, 2.45) is 0 Å². The van der Waals surface area contributed by atoms with Crippen LogP contribution in [-0.2, 0) is 22.1 Å². The van der Waals surface area contributed by atoms with E-state index in [4.69, 9.17) is 9.53 Å². The van der Waals surface area contributed by atoms with E-state index in [1.54, 1.807) is 12.1 Å². The number of carbonyl (C=O) groups is 1. The molecule has 0 spiro atoms. The van der Waals surface area contributed by atoms with E-state index in [2.05, 4.69) is 46.1 Å². The second-order valence-electron chi connectivity index (χ2n) is 10.1. The summed E-state index contributed by atoms with van der Waals surface area (Å²) in [5, 5.41) is 32.5. The van der Waals surface area contributed by atoms with Crippen LogP contribution >= 0.6 is 0 Å². The predicted octanol–water partition coefficient (Wildman–Crippen LogP) is 5.01. The standard InChI is InChI=1S/C25H37NO5Si/c1-17(10-18-8-7-9-19(11-18)12-24(29)30)26-16-23(31-32(5,6)25(2,3)4)20-13-21(27)15-22(28)14-20/h7-9,11,13-15,17,23,26-28H,10,12,16H2,1-6H3,(H,29,30)/t17-,23+/m1/s1. The van der Waals surface area contributed by atoms with Crippen molar-refractivity contribution in [3.8, 4) is 11.5 Å². The number of nitrogens with one attached hydrogen (secondary N) is 1. The van der Waals surface area contributed by atoms with Gasteiger partial charge in [-0.05, 0) is 60.3 Å². The van der Waals surface area contributed by atoms with Crippen molar-refractivity contribution in [1.82, 2.24) is 5.32 Å². The minimum atomic E-state index is -2.11. The summed E-state index contributed by atoms with van der Waals surface area (Å²) in [4.78, 5) is 11.0. The Morgan fingerprint density at radius 1 is 1.06 bits per heavy atom.